The summed E-state index contributed by atoms with van der Waals surface area (Å²) in [5.41, 5.74) is 6.45. The first-order valence-electron chi connectivity index (χ1n) is 8.62. The summed E-state index contributed by atoms with van der Waals surface area (Å²) < 4.78 is 31.8. The Morgan fingerprint density at radius 2 is 1.73 bits per heavy atom. The van der Waals surface area contributed by atoms with Crippen LogP contribution in [-0.2, 0) is 19.4 Å². The van der Waals surface area contributed by atoms with Gasteiger partial charge >= 0.3 is 5.97 Å². The molecule has 1 fully saturated rings. The van der Waals surface area contributed by atoms with Crippen molar-refractivity contribution in [3.8, 4) is 0 Å². The first kappa shape index (κ1) is 18.6. The molecule has 138 valence electrons. The van der Waals surface area contributed by atoms with Crippen molar-refractivity contribution in [1.82, 2.24) is 0 Å². The van der Waals surface area contributed by atoms with Gasteiger partial charge < -0.3 is 10.5 Å². The van der Waals surface area contributed by atoms with Crippen LogP contribution in [-0.4, -0.2) is 32.8 Å². The molecule has 26 heavy (non-hydrogen) atoms. The van der Waals surface area contributed by atoms with Crippen LogP contribution in [0, 0.1) is 12.3 Å². The van der Waals surface area contributed by atoms with Gasteiger partial charge in [0.2, 0.25) is 0 Å². The second kappa shape index (κ2) is 6.85. The lowest BCUT2D eigenvalue weighted by atomic mass is 9.99. The van der Waals surface area contributed by atoms with E-state index in [9.17, 15) is 13.2 Å². The van der Waals surface area contributed by atoms with Crippen molar-refractivity contribution >= 4 is 15.8 Å². The third-order valence-electron chi connectivity index (χ3n) is 5.09. The third kappa shape index (κ3) is 2.83. The van der Waals surface area contributed by atoms with Gasteiger partial charge in [0.1, 0.15) is 5.41 Å². The first-order valence-corrected chi connectivity index (χ1v) is 10.2. The molecule has 1 saturated carbocycles. The number of hydrogen-bond donors (Lipinski definition) is 1. The number of nitrogens with two attached hydrogens (primary N) is 1. The van der Waals surface area contributed by atoms with Crippen LogP contribution in [0.3, 0.4) is 0 Å². The number of hydrogen-bond acceptors (Lipinski definition) is 5. The number of carbonyl (C=O) groups excluding carboxylic acids is 1. The Morgan fingerprint density at radius 1 is 1.12 bits per heavy atom. The summed E-state index contributed by atoms with van der Waals surface area (Å²) in [6.45, 7) is 3.69. The van der Waals surface area contributed by atoms with Crippen molar-refractivity contribution in [2.24, 2.45) is 11.1 Å². The maximum atomic E-state index is 13.3. The molecule has 2 aromatic rings. The van der Waals surface area contributed by atoms with Crippen LogP contribution in [0.25, 0.3) is 0 Å². The second-order valence-electron chi connectivity index (χ2n) is 6.63. The highest BCUT2D eigenvalue weighted by molar-refractivity contribution is 7.92. The Bertz CT molecular complexity index is 893. The topological polar surface area (TPSA) is 86.5 Å². The van der Waals surface area contributed by atoms with Crippen LogP contribution in [0.2, 0.25) is 0 Å². The highest BCUT2D eigenvalue weighted by atomic mass is 32.2. The van der Waals surface area contributed by atoms with Crippen LogP contribution in [0.5, 0.6) is 0 Å². The Morgan fingerprint density at radius 3 is 2.27 bits per heavy atom. The van der Waals surface area contributed by atoms with Crippen LogP contribution in [0.1, 0.15) is 24.0 Å². The largest absolute Gasteiger partial charge is 0.465 e. The smallest absolute Gasteiger partial charge is 0.315 e. The monoisotopic (exact) mass is 373 g/mol. The lowest BCUT2D eigenvalue weighted by Crippen LogP contribution is -2.33. The van der Waals surface area contributed by atoms with Gasteiger partial charge in [0.05, 0.1) is 16.8 Å². The van der Waals surface area contributed by atoms with E-state index in [0.29, 0.717) is 0 Å². The van der Waals surface area contributed by atoms with Crippen LogP contribution >= 0.6 is 0 Å². The van der Waals surface area contributed by atoms with Crippen molar-refractivity contribution in [1.29, 1.82) is 0 Å². The number of benzene rings is 2. The Labute approximate surface area is 154 Å². The van der Waals surface area contributed by atoms with Gasteiger partial charge in [-0.3, -0.25) is 4.79 Å². The van der Waals surface area contributed by atoms with E-state index in [1.807, 2.05) is 37.3 Å². The summed E-state index contributed by atoms with van der Waals surface area (Å²) in [7, 11) is -3.74. The van der Waals surface area contributed by atoms with Gasteiger partial charge in [-0.2, -0.15) is 0 Å². The lowest BCUT2D eigenvalue weighted by molar-refractivity contribution is -0.149. The number of aryl methyl sites for hydroxylation is 1. The van der Waals surface area contributed by atoms with Crippen LogP contribution < -0.4 is 5.73 Å². The van der Waals surface area contributed by atoms with E-state index in [4.69, 9.17) is 10.5 Å². The van der Waals surface area contributed by atoms with Gasteiger partial charge in [0.15, 0.2) is 9.84 Å². The first-order chi connectivity index (χ1) is 12.4. The fourth-order valence-electron chi connectivity index (χ4n) is 3.70. The Hall–Kier alpha value is -2.18. The highest BCUT2D eigenvalue weighted by Crippen LogP contribution is 2.64. The number of esters is 1. The minimum atomic E-state index is -3.74. The molecular formula is C20H23NO4S. The molecule has 0 bridgehead atoms. The van der Waals surface area contributed by atoms with Gasteiger partial charge in [0, 0.05) is 12.5 Å². The van der Waals surface area contributed by atoms with Crippen LogP contribution in [0.4, 0.5) is 0 Å². The standard InChI is InChI=1S/C20H23NO4S/c1-3-25-19(22)20(13-21)17(15-7-5-4-6-8-15)18(20)26(23,24)16-11-9-14(2)10-12-16/h4-12,17-18H,3,13,21H2,1-2H3. The summed E-state index contributed by atoms with van der Waals surface area (Å²) >= 11 is 0. The van der Waals surface area contributed by atoms with Gasteiger partial charge in [-0.15, -0.1) is 0 Å². The van der Waals surface area contributed by atoms with E-state index in [1.54, 1.807) is 31.2 Å². The summed E-state index contributed by atoms with van der Waals surface area (Å²) in [6, 6.07) is 15.8. The summed E-state index contributed by atoms with van der Waals surface area (Å²) in [4.78, 5) is 12.9. The molecule has 6 heteroatoms. The molecule has 0 aromatic heterocycles. The molecule has 0 radical (unpaired) electrons. The zero-order chi connectivity index (χ0) is 18.9. The van der Waals surface area contributed by atoms with Crippen molar-refractivity contribution in [3.63, 3.8) is 0 Å². The van der Waals surface area contributed by atoms with Crippen molar-refractivity contribution in [3.05, 3.63) is 65.7 Å². The molecule has 3 rings (SSSR count). The minimum absolute atomic E-state index is 0.0822. The molecule has 0 saturated heterocycles. The van der Waals surface area contributed by atoms with Gasteiger partial charge in [0.25, 0.3) is 0 Å². The number of rotatable bonds is 6. The van der Waals surface area contributed by atoms with Crippen LogP contribution in [0.15, 0.2) is 59.5 Å². The zero-order valence-electron chi connectivity index (χ0n) is 14.9. The highest BCUT2D eigenvalue weighted by Gasteiger charge is 2.75. The van der Waals surface area contributed by atoms with E-state index in [-0.39, 0.29) is 18.0 Å². The number of carbonyl (C=O) groups is 1. The minimum Gasteiger partial charge on any atom is -0.465 e. The quantitative estimate of drug-likeness (QED) is 0.786. The molecule has 0 aliphatic heterocycles. The molecule has 3 unspecified atom stereocenters. The molecule has 0 spiro atoms. The maximum absolute atomic E-state index is 13.3. The third-order valence-corrected chi connectivity index (χ3v) is 7.38. The summed E-state index contributed by atoms with van der Waals surface area (Å²) in [6.07, 6.45) is 0. The molecule has 2 N–H and O–H groups in total. The Kier molecular flexibility index (Phi) is 4.90. The molecule has 1 aliphatic carbocycles. The zero-order valence-corrected chi connectivity index (χ0v) is 15.7. The predicted octanol–water partition coefficient (Wildman–Crippen LogP) is 2.44. The Balaban J connectivity index is 2.10. The molecular weight excluding hydrogens is 350 g/mol. The molecule has 3 atom stereocenters. The number of sulfone groups is 1. The van der Waals surface area contributed by atoms with Crippen molar-refractivity contribution in [2.45, 2.75) is 29.9 Å². The van der Waals surface area contributed by atoms with Crippen molar-refractivity contribution in [2.75, 3.05) is 13.2 Å². The summed E-state index contributed by atoms with van der Waals surface area (Å²) in [5, 5.41) is -0.927. The van der Waals surface area contributed by atoms with Crippen molar-refractivity contribution < 1.29 is 17.9 Å². The molecule has 5 nitrogen and oxygen atoms in total. The summed E-state index contributed by atoms with van der Waals surface area (Å²) in [5.74, 6) is -1.06. The SMILES string of the molecule is CCOC(=O)C1(CN)C(c2ccccc2)C1S(=O)(=O)c1ccc(C)cc1. The van der Waals surface area contributed by atoms with Gasteiger partial charge in [-0.1, -0.05) is 48.0 Å². The average Bonchev–Trinajstić information content (AvgIpc) is 3.35. The van der Waals surface area contributed by atoms with E-state index in [0.717, 1.165) is 11.1 Å². The molecule has 2 aromatic carbocycles. The fraction of sp³-hybridized carbons (Fsp3) is 0.350. The molecule has 0 amide bonds. The number of ether oxygens (including phenoxy) is 1. The molecule has 1 aliphatic rings. The average molecular weight is 373 g/mol. The van der Waals surface area contributed by atoms with E-state index < -0.39 is 32.4 Å². The van der Waals surface area contributed by atoms with E-state index >= 15 is 0 Å². The lowest BCUT2D eigenvalue weighted by Gasteiger charge is -2.14. The fourth-order valence-corrected chi connectivity index (χ4v) is 6.08. The van der Waals surface area contributed by atoms with E-state index in [1.165, 1.54) is 0 Å². The second-order valence-corrected chi connectivity index (χ2v) is 8.70. The van der Waals surface area contributed by atoms with Gasteiger partial charge in [-0.05, 0) is 31.5 Å². The normalized spacial score (nSPS) is 24.9. The molecule has 0 heterocycles. The van der Waals surface area contributed by atoms with E-state index in [2.05, 4.69) is 0 Å². The predicted molar refractivity (Wildman–Crippen MR) is 99.5 cm³/mol. The maximum Gasteiger partial charge on any atom is 0.315 e. The van der Waals surface area contributed by atoms with Gasteiger partial charge in [-0.25, -0.2) is 8.42 Å².